The summed E-state index contributed by atoms with van der Waals surface area (Å²) in [6, 6.07) is 0.332. The van der Waals surface area contributed by atoms with Crippen molar-refractivity contribution in [3.63, 3.8) is 0 Å². The molecule has 0 aromatic carbocycles. The van der Waals surface area contributed by atoms with Crippen molar-refractivity contribution in [3.05, 3.63) is 35.1 Å². The fraction of sp³-hybridized carbons (Fsp3) is 0.714. The zero-order valence-electron chi connectivity index (χ0n) is 16.3. The molecule has 1 aliphatic heterocycles. The highest BCUT2D eigenvalue weighted by Crippen LogP contribution is 2.32. The number of methoxy groups -OCH3 is 2. The summed E-state index contributed by atoms with van der Waals surface area (Å²) >= 11 is 0. The van der Waals surface area contributed by atoms with Crippen molar-refractivity contribution in [3.8, 4) is 0 Å². The van der Waals surface area contributed by atoms with Gasteiger partial charge in [0.15, 0.2) is 0 Å². The third-order valence-corrected chi connectivity index (χ3v) is 5.29. The molecule has 25 heavy (non-hydrogen) atoms. The number of hydrogen-bond acceptors (Lipinski definition) is 4. The molecule has 1 aliphatic carbocycles. The number of ether oxygens (including phenoxy) is 2. The average molecular weight is 350 g/mol. The Kier molecular flexibility index (Phi) is 8.20. The van der Waals surface area contributed by atoms with E-state index in [1.54, 1.807) is 14.2 Å². The van der Waals surface area contributed by atoms with E-state index in [9.17, 15) is 5.11 Å². The molecule has 0 spiro atoms. The Balaban J connectivity index is 2.23. The number of hydrogen-bond donors (Lipinski definition) is 1. The summed E-state index contributed by atoms with van der Waals surface area (Å²) in [5, 5.41) is 9.62. The van der Waals surface area contributed by atoms with Crippen LogP contribution in [0.15, 0.2) is 35.1 Å². The highest BCUT2D eigenvalue weighted by Gasteiger charge is 2.29. The first kappa shape index (κ1) is 20.2. The molecule has 1 unspecified atom stereocenters. The molecule has 0 aromatic rings. The van der Waals surface area contributed by atoms with Crippen molar-refractivity contribution in [2.45, 2.75) is 58.1 Å². The van der Waals surface area contributed by atoms with Crippen LogP contribution in [0.5, 0.6) is 0 Å². The largest absolute Gasteiger partial charge is 0.498 e. The van der Waals surface area contributed by atoms with E-state index in [1.807, 2.05) is 0 Å². The molecule has 2 aliphatic rings. The molecule has 4 heteroatoms. The van der Waals surface area contributed by atoms with Crippen LogP contribution in [-0.4, -0.2) is 56.1 Å². The molecular formula is C21H35NO3. The summed E-state index contributed by atoms with van der Waals surface area (Å²) in [4.78, 5) is 2.57. The SMILES string of the molecule is CO/C1=C/C2=C(CC=CC1OC)[C@@H](CCO)N(CCCC(C)C)CC2. The molecular weight excluding hydrogens is 314 g/mol. The molecule has 0 amide bonds. The zero-order chi connectivity index (χ0) is 18.2. The van der Waals surface area contributed by atoms with Gasteiger partial charge in [-0.2, -0.15) is 0 Å². The van der Waals surface area contributed by atoms with Crippen molar-refractivity contribution in [2.75, 3.05) is 33.9 Å². The predicted octanol–water partition coefficient (Wildman–Crippen LogP) is 3.68. The molecule has 142 valence electrons. The third kappa shape index (κ3) is 5.44. The van der Waals surface area contributed by atoms with Gasteiger partial charge in [0, 0.05) is 26.3 Å². The van der Waals surface area contributed by atoms with Crippen LogP contribution in [0.3, 0.4) is 0 Å². The lowest BCUT2D eigenvalue weighted by Gasteiger charge is -2.39. The first-order valence-electron chi connectivity index (χ1n) is 9.62. The molecule has 4 nitrogen and oxygen atoms in total. The zero-order valence-corrected chi connectivity index (χ0v) is 16.3. The van der Waals surface area contributed by atoms with E-state index < -0.39 is 0 Å². The monoisotopic (exact) mass is 349 g/mol. The van der Waals surface area contributed by atoms with E-state index in [0.717, 1.165) is 44.0 Å². The smallest absolute Gasteiger partial charge is 0.132 e. The highest BCUT2D eigenvalue weighted by atomic mass is 16.5. The average Bonchev–Trinajstić information content (AvgIpc) is 2.57. The van der Waals surface area contributed by atoms with Crippen molar-refractivity contribution >= 4 is 0 Å². The van der Waals surface area contributed by atoms with Crippen molar-refractivity contribution < 1.29 is 14.6 Å². The summed E-state index contributed by atoms with van der Waals surface area (Å²) in [7, 11) is 3.42. The summed E-state index contributed by atoms with van der Waals surface area (Å²) < 4.78 is 11.1. The minimum atomic E-state index is -0.112. The second-order valence-corrected chi connectivity index (χ2v) is 7.44. The summed E-state index contributed by atoms with van der Waals surface area (Å²) in [6.45, 7) is 6.96. The molecule has 0 fully saturated rings. The third-order valence-electron chi connectivity index (χ3n) is 5.29. The highest BCUT2D eigenvalue weighted by molar-refractivity contribution is 5.37. The minimum absolute atomic E-state index is 0.112. The van der Waals surface area contributed by atoms with Gasteiger partial charge in [-0.05, 0) is 61.8 Å². The number of allylic oxidation sites excluding steroid dienone is 2. The normalized spacial score (nSPS) is 26.9. The number of rotatable bonds is 8. The summed E-state index contributed by atoms with van der Waals surface area (Å²) in [6.07, 6.45) is 11.6. The molecule has 0 saturated carbocycles. The second kappa shape index (κ2) is 10.1. The van der Waals surface area contributed by atoms with Crippen LogP contribution in [0.1, 0.15) is 46.0 Å². The van der Waals surface area contributed by atoms with Gasteiger partial charge < -0.3 is 14.6 Å². The number of aliphatic hydroxyl groups excluding tert-OH is 1. The quantitative estimate of drug-likeness (QED) is 0.679. The number of aliphatic hydroxyl groups is 1. The molecule has 2 atom stereocenters. The van der Waals surface area contributed by atoms with Crippen LogP contribution >= 0.6 is 0 Å². The predicted molar refractivity (Wildman–Crippen MR) is 102 cm³/mol. The molecule has 1 heterocycles. The van der Waals surface area contributed by atoms with Crippen molar-refractivity contribution in [1.29, 1.82) is 0 Å². The second-order valence-electron chi connectivity index (χ2n) is 7.44. The van der Waals surface area contributed by atoms with Gasteiger partial charge in [0.1, 0.15) is 11.9 Å². The Morgan fingerprint density at radius 1 is 1.32 bits per heavy atom. The van der Waals surface area contributed by atoms with Crippen molar-refractivity contribution in [2.24, 2.45) is 5.92 Å². The van der Waals surface area contributed by atoms with Gasteiger partial charge in [-0.1, -0.05) is 26.0 Å². The number of nitrogens with zero attached hydrogens (tertiary/aromatic N) is 1. The molecule has 1 N–H and O–H groups in total. The fourth-order valence-corrected chi connectivity index (χ4v) is 3.93. The Morgan fingerprint density at radius 2 is 2.12 bits per heavy atom. The van der Waals surface area contributed by atoms with Crippen LogP contribution in [0.2, 0.25) is 0 Å². The van der Waals surface area contributed by atoms with Crippen LogP contribution in [-0.2, 0) is 9.47 Å². The van der Waals surface area contributed by atoms with Gasteiger partial charge in [0.05, 0.1) is 7.11 Å². The molecule has 2 rings (SSSR count). The fourth-order valence-electron chi connectivity index (χ4n) is 3.93. The van der Waals surface area contributed by atoms with Gasteiger partial charge in [0.25, 0.3) is 0 Å². The summed E-state index contributed by atoms with van der Waals surface area (Å²) in [5.41, 5.74) is 2.80. The van der Waals surface area contributed by atoms with E-state index in [2.05, 4.69) is 37.0 Å². The van der Waals surface area contributed by atoms with Gasteiger partial charge >= 0.3 is 0 Å². The van der Waals surface area contributed by atoms with Crippen LogP contribution in [0, 0.1) is 5.92 Å². The lowest BCUT2D eigenvalue weighted by molar-refractivity contribution is 0.109. The van der Waals surface area contributed by atoms with E-state index >= 15 is 0 Å². The van der Waals surface area contributed by atoms with Crippen LogP contribution in [0.25, 0.3) is 0 Å². The van der Waals surface area contributed by atoms with Crippen LogP contribution < -0.4 is 0 Å². The van der Waals surface area contributed by atoms with Crippen LogP contribution in [0.4, 0.5) is 0 Å². The lowest BCUT2D eigenvalue weighted by Crippen LogP contribution is -2.42. The standard InChI is InChI=1S/C21H35NO3/c1-16(2)7-6-12-22-13-10-17-15-21(25-4)20(24-3)9-5-8-18(17)19(22)11-14-23/h5,9,15-16,19-20,23H,6-8,10-14H2,1-4H3/b9-5?,21-15+/t19-,20?/m1/s1. The van der Waals surface area contributed by atoms with E-state index in [0.29, 0.717) is 6.04 Å². The van der Waals surface area contributed by atoms with Gasteiger partial charge in [-0.25, -0.2) is 0 Å². The Labute approximate surface area is 153 Å². The Morgan fingerprint density at radius 3 is 2.76 bits per heavy atom. The minimum Gasteiger partial charge on any atom is -0.498 e. The van der Waals surface area contributed by atoms with Crippen molar-refractivity contribution in [1.82, 2.24) is 4.90 Å². The summed E-state index contributed by atoms with van der Waals surface area (Å²) in [5.74, 6) is 1.61. The van der Waals surface area contributed by atoms with E-state index in [4.69, 9.17) is 9.47 Å². The maximum Gasteiger partial charge on any atom is 0.132 e. The first-order chi connectivity index (χ1) is 12.1. The molecule has 0 saturated heterocycles. The van der Waals surface area contributed by atoms with E-state index in [1.165, 1.54) is 24.0 Å². The Bertz CT molecular complexity index is 507. The maximum absolute atomic E-state index is 9.62. The first-order valence-corrected chi connectivity index (χ1v) is 9.62. The maximum atomic E-state index is 9.62. The van der Waals surface area contributed by atoms with Gasteiger partial charge in [-0.15, -0.1) is 0 Å². The lowest BCUT2D eigenvalue weighted by atomic mass is 9.86. The van der Waals surface area contributed by atoms with Gasteiger partial charge in [-0.3, -0.25) is 4.90 Å². The van der Waals surface area contributed by atoms with Gasteiger partial charge in [0.2, 0.25) is 0 Å². The molecule has 0 radical (unpaired) electrons. The topological polar surface area (TPSA) is 41.9 Å². The Hall–Kier alpha value is -1.10. The molecule has 0 aromatic heterocycles. The van der Waals surface area contributed by atoms with E-state index in [-0.39, 0.29) is 12.7 Å². The molecule has 0 bridgehead atoms.